The molecule has 0 bridgehead atoms. The SMILES string of the molecule is CN(C)c1ccc(C(=O)NCC(C)(O)c2ccccc2)cc1. The monoisotopic (exact) mass is 298 g/mol. The second kappa shape index (κ2) is 6.62. The zero-order valence-corrected chi connectivity index (χ0v) is 13.2. The summed E-state index contributed by atoms with van der Waals surface area (Å²) in [6, 6.07) is 16.7. The van der Waals surface area contributed by atoms with E-state index in [0.29, 0.717) is 5.56 Å². The van der Waals surface area contributed by atoms with Gasteiger partial charge in [0.25, 0.3) is 5.91 Å². The molecule has 22 heavy (non-hydrogen) atoms. The lowest BCUT2D eigenvalue weighted by molar-refractivity contribution is 0.0526. The van der Waals surface area contributed by atoms with Crippen LogP contribution in [-0.4, -0.2) is 31.7 Å². The number of aliphatic hydroxyl groups is 1. The third kappa shape index (κ3) is 3.86. The lowest BCUT2D eigenvalue weighted by Crippen LogP contribution is -2.38. The quantitative estimate of drug-likeness (QED) is 0.891. The number of carbonyl (C=O) groups excluding carboxylic acids is 1. The molecule has 0 aliphatic rings. The maximum atomic E-state index is 12.2. The van der Waals surface area contributed by atoms with Crippen molar-refractivity contribution in [2.24, 2.45) is 0 Å². The van der Waals surface area contributed by atoms with Crippen LogP contribution in [-0.2, 0) is 5.60 Å². The summed E-state index contributed by atoms with van der Waals surface area (Å²) in [7, 11) is 3.90. The van der Waals surface area contributed by atoms with Crippen molar-refractivity contribution in [2.75, 3.05) is 25.5 Å². The number of hydrogen-bond acceptors (Lipinski definition) is 3. The first-order valence-electron chi connectivity index (χ1n) is 7.23. The summed E-state index contributed by atoms with van der Waals surface area (Å²) in [6.07, 6.45) is 0. The smallest absolute Gasteiger partial charge is 0.251 e. The minimum Gasteiger partial charge on any atom is -0.384 e. The molecule has 2 N–H and O–H groups in total. The number of nitrogens with one attached hydrogen (secondary N) is 1. The minimum atomic E-state index is -1.10. The number of carbonyl (C=O) groups is 1. The molecule has 0 aromatic heterocycles. The van der Waals surface area contributed by atoms with Crippen molar-refractivity contribution >= 4 is 11.6 Å². The van der Waals surface area contributed by atoms with Crippen LogP contribution < -0.4 is 10.2 Å². The molecule has 2 aromatic carbocycles. The molecule has 0 aliphatic carbocycles. The van der Waals surface area contributed by atoms with E-state index in [1.165, 1.54) is 0 Å². The molecule has 2 aromatic rings. The molecule has 2 rings (SSSR count). The summed E-state index contributed by atoms with van der Waals surface area (Å²) in [4.78, 5) is 14.1. The standard InChI is InChI=1S/C18H22N2O2/c1-18(22,15-7-5-4-6-8-15)13-19-17(21)14-9-11-16(12-10-14)20(2)3/h4-12,22H,13H2,1-3H3,(H,19,21). The fraction of sp³-hybridized carbons (Fsp3) is 0.278. The highest BCUT2D eigenvalue weighted by atomic mass is 16.3. The summed E-state index contributed by atoms with van der Waals surface area (Å²) < 4.78 is 0. The van der Waals surface area contributed by atoms with Gasteiger partial charge in [0.15, 0.2) is 0 Å². The number of hydrogen-bond donors (Lipinski definition) is 2. The molecule has 0 saturated carbocycles. The predicted octanol–water partition coefficient (Wildman–Crippen LogP) is 2.39. The Morgan fingerprint density at radius 3 is 2.23 bits per heavy atom. The fourth-order valence-electron chi connectivity index (χ4n) is 2.16. The van der Waals surface area contributed by atoms with Gasteiger partial charge < -0.3 is 15.3 Å². The van der Waals surface area contributed by atoms with Gasteiger partial charge in [0, 0.05) is 25.3 Å². The molecule has 1 amide bonds. The fourth-order valence-corrected chi connectivity index (χ4v) is 2.16. The lowest BCUT2D eigenvalue weighted by Gasteiger charge is -2.24. The van der Waals surface area contributed by atoms with Gasteiger partial charge in [-0.15, -0.1) is 0 Å². The van der Waals surface area contributed by atoms with E-state index in [1.807, 2.05) is 61.5 Å². The number of anilines is 1. The van der Waals surface area contributed by atoms with Crippen LogP contribution in [0.2, 0.25) is 0 Å². The molecule has 1 unspecified atom stereocenters. The minimum absolute atomic E-state index is 0.158. The summed E-state index contributed by atoms with van der Waals surface area (Å²) in [5.74, 6) is -0.193. The molecule has 4 heteroatoms. The van der Waals surface area contributed by atoms with Crippen LogP contribution in [0, 0.1) is 0 Å². The first kappa shape index (κ1) is 16.0. The summed E-state index contributed by atoms with van der Waals surface area (Å²) in [5, 5.41) is 13.3. The Kier molecular flexibility index (Phi) is 4.83. The molecule has 0 heterocycles. The zero-order valence-electron chi connectivity index (χ0n) is 13.2. The zero-order chi connectivity index (χ0) is 16.2. The maximum Gasteiger partial charge on any atom is 0.251 e. The van der Waals surface area contributed by atoms with Gasteiger partial charge in [0.05, 0.1) is 6.54 Å². The number of benzene rings is 2. The molecule has 0 fully saturated rings. The van der Waals surface area contributed by atoms with E-state index in [4.69, 9.17) is 0 Å². The Morgan fingerprint density at radius 1 is 1.09 bits per heavy atom. The first-order chi connectivity index (χ1) is 10.4. The topological polar surface area (TPSA) is 52.6 Å². The van der Waals surface area contributed by atoms with Crippen LogP contribution in [0.5, 0.6) is 0 Å². The van der Waals surface area contributed by atoms with Gasteiger partial charge in [0.2, 0.25) is 0 Å². The van der Waals surface area contributed by atoms with E-state index in [9.17, 15) is 9.90 Å². The van der Waals surface area contributed by atoms with E-state index < -0.39 is 5.60 Å². The Balaban J connectivity index is 2.00. The Morgan fingerprint density at radius 2 is 1.68 bits per heavy atom. The highest BCUT2D eigenvalue weighted by molar-refractivity contribution is 5.94. The van der Waals surface area contributed by atoms with Crippen LogP contribution in [0.4, 0.5) is 5.69 Å². The van der Waals surface area contributed by atoms with E-state index in [0.717, 1.165) is 11.3 Å². The third-order valence-electron chi connectivity index (χ3n) is 3.63. The molecule has 116 valence electrons. The van der Waals surface area contributed by atoms with Crippen molar-refractivity contribution in [2.45, 2.75) is 12.5 Å². The van der Waals surface area contributed by atoms with Crippen molar-refractivity contribution in [1.82, 2.24) is 5.32 Å². The predicted molar refractivity (Wildman–Crippen MR) is 89.1 cm³/mol. The highest BCUT2D eigenvalue weighted by Gasteiger charge is 2.23. The Bertz CT molecular complexity index is 619. The van der Waals surface area contributed by atoms with E-state index in [1.54, 1.807) is 19.1 Å². The Labute approximate surface area is 131 Å². The lowest BCUT2D eigenvalue weighted by atomic mass is 9.96. The molecule has 0 aliphatic heterocycles. The van der Waals surface area contributed by atoms with Crippen molar-refractivity contribution in [3.63, 3.8) is 0 Å². The second-order valence-corrected chi connectivity index (χ2v) is 5.76. The van der Waals surface area contributed by atoms with Crippen LogP contribution in [0.1, 0.15) is 22.8 Å². The van der Waals surface area contributed by atoms with Crippen molar-refractivity contribution in [3.05, 3.63) is 65.7 Å². The van der Waals surface area contributed by atoms with Gasteiger partial charge in [-0.1, -0.05) is 30.3 Å². The molecule has 1 atom stereocenters. The van der Waals surface area contributed by atoms with E-state index >= 15 is 0 Å². The third-order valence-corrected chi connectivity index (χ3v) is 3.63. The van der Waals surface area contributed by atoms with Crippen LogP contribution >= 0.6 is 0 Å². The van der Waals surface area contributed by atoms with Crippen molar-refractivity contribution < 1.29 is 9.90 Å². The maximum absolute atomic E-state index is 12.2. The van der Waals surface area contributed by atoms with Crippen LogP contribution in [0.3, 0.4) is 0 Å². The summed E-state index contributed by atoms with van der Waals surface area (Å²) >= 11 is 0. The van der Waals surface area contributed by atoms with Gasteiger partial charge >= 0.3 is 0 Å². The molecular weight excluding hydrogens is 276 g/mol. The van der Waals surface area contributed by atoms with Gasteiger partial charge in [-0.05, 0) is 36.8 Å². The average molecular weight is 298 g/mol. The summed E-state index contributed by atoms with van der Waals surface area (Å²) in [5.41, 5.74) is 1.29. The number of nitrogens with zero attached hydrogens (tertiary/aromatic N) is 1. The molecule has 0 radical (unpaired) electrons. The Hall–Kier alpha value is -2.33. The van der Waals surface area contributed by atoms with Gasteiger partial charge in [-0.25, -0.2) is 0 Å². The number of amides is 1. The largest absolute Gasteiger partial charge is 0.384 e. The van der Waals surface area contributed by atoms with E-state index in [2.05, 4.69) is 5.32 Å². The normalized spacial score (nSPS) is 13.3. The second-order valence-electron chi connectivity index (χ2n) is 5.76. The van der Waals surface area contributed by atoms with Crippen LogP contribution in [0.15, 0.2) is 54.6 Å². The highest BCUT2D eigenvalue weighted by Crippen LogP contribution is 2.19. The summed E-state index contributed by atoms with van der Waals surface area (Å²) in [6.45, 7) is 1.85. The van der Waals surface area contributed by atoms with Gasteiger partial charge in [-0.2, -0.15) is 0 Å². The first-order valence-corrected chi connectivity index (χ1v) is 7.23. The molecular formula is C18H22N2O2. The number of rotatable bonds is 5. The molecule has 0 saturated heterocycles. The van der Waals surface area contributed by atoms with Gasteiger partial charge in [0.1, 0.15) is 5.60 Å². The van der Waals surface area contributed by atoms with Crippen LogP contribution in [0.25, 0.3) is 0 Å². The van der Waals surface area contributed by atoms with Crippen molar-refractivity contribution in [3.8, 4) is 0 Å². The van der Waals surface area contributed by atoms with Gasteiger partial charge in [-0.3, -0.25) is 4.79 Å². The van der Waals surface area contributed by atoms with Crippen molar-refractivity contribution in [1.29, 1.82) is 0 Å². The molecule has 4 nitrogen and oxygen atoms in total. The molecule has 0 spiro atoms. The average Bonchev–Trinajstić information content (AvgIpc) is 2.53. The van der Waals surface area contributed by atoms with E-state index in [-0.39, 0.29) is 12.5 Å².